The van der Waals surface area contributed by atoms with Crippen molar-refractivity contribution in [2.75, 3.05) is 0 Å². The second-order valence-corrected chi connectivity index (χ2v) is 7.47. The third-order valence-electron chi connectivity index (χ3n) is 4.20. The second kappa shape index (κ2) is 7.74. The van der Waals surface area contributed by atoms with E-state index >= 15 is 0 Å². The van der Waals surface area contributed by atoms with Crippen molar-refractivity contribution in [3.05, 3.63) is 77.7 Å². The van der Waals surface area contributed by atoms with E-state index in [4.69, 9.17) is 4.74 Å². The van der Waals surface area contributed by atoms with Crippen LogP contribution in [0, 0.1) is 5.82 Å². The van der Waals surface area contributed by atoms with Crippen molar-refractivity contribution in [2.24, 2.45) is 0 Å². The van der Waals surface area contributed by atoms with Gasteiger partial charge in [-0.25, -0.2) is 9.07 Å². The molecule has 0 aliphatic heterocycles. The van der Waals surface area contributed by atoms with Crippen molar-refractivity contribution < 1.29 is 13.9 Å². The number of ether oxygens (including phenoxy) is 1. The molecule has 0 aliphatic carbocycles. The predicted molar refractivity (Wildman–Crippen MR) is 103 cm³/mol. The number of carbonyl (C=O) groups is 1. The lowest BCUT2D eigenvalue weighted by molar-refractivity contribution is -0.134. The lowest BCUT2D eigenvalue weighted by Crippen LogP contribution is -2.13. The molecule has 3 rings (SSSR count). The molecule has 0 fully saturated rings. The van der Waals surface area contributed by atoms with Crippen LogP contribution in [0.2, 0.25) is 0 Å². The quantitative estimate of drug-likeness (QED) is 0.607. The third kappa shape index (κ3) is 4.82. The number of hydrogen-bond acceptors (Lipinski definition) is 3. The molecule has 5 heteroatoms. The highest BCUT2D eigenvalue weighted by molar-refractivity contribution is 5.72. The molecule has 0 atom stereocenters. The first-order valence-electron chi connectivity index (χ1n) is 8.94. The SMILES string of the molecule is CC(C)(C)c1cc(OC(=O)CCc2ccccc2)n(-c2ccc(F)cc2)n1. The van der Waals surface area contributed by atoms with E-state index in [0.29, 0.717) is 18.0 Å². The number of rotatable bonds is 5. The van der Waals surface area contributed by atoms with E-state index in [0.717, 1.165) is 11.3 Å². The first-order valence-corrected chi connectivity index (χ1v) is 8.94. The van der Waals surface area contributed by atoms with Gasteiger partial charge in [0.1, 0.15) is 5.82 Å². The van der Waals surface area contributed by atoms with E-state index in [-0.39, 0.29) is 23.6 Å². The van der Waals surface area contributed by atoms with Crippen LogP contribution in [-0.4, -0.2) is 15.7 Å². The molecule has 1 heterocycles. The average molecular weight is 366 g/mol. The van der Waals surface area contributed by atoms with Crippen molar-refractivity contribution in [1.29, 1.82) is 0 Å². The van der Waals surface area contributed by atoms with Gasteiger partial charge >= 0.3 is 5.97 Å². The number of esters is 1. The number of aryl methyl sites for hydroxylation is 1. The Morgan fingerprint density at radius 1 is 1.07 bits per heavy atom. The lowest BCUT2D eigenvalue weighted by atomic mass is 9.93. The Bertz CT molecular complexity index is 910. The van der Waals surface area contributed by atoms with E-state index in [1.807, 2.05) is 51.1 Å². The normalized spacial score (nSPS) is 11.4. The third-order valence-corrected chi connectivity index (χ3v) is 4.20. The van der Waals surface area contributed by atoms with Crippen LogP contribution in [0.4, 0.5) is 4.39 Å². The maximum absolute atomic E-state index is 13.3. The minimum absolute atomic E-state index is 0.212. The first kappa shape index (κ1) is 18.8. The number of halogens is 1. The van der Waals surface area contributed by atoms with Crippen LogP contribution in [-0.2, 0) is 16.6 Å². The summed E-state index contributed by atoms with van der Waals surface area (Å²) in [5.41, 5.74) is 2.29. The second-order valence-electron chi connectivity index (χ2n) is 7.47. The van der Waals surface area contributed by atoms with E-state index in [1.54, 1.807) is 22.9 Å². The lowest BCUT2D eigenvalue weighted by Gasteiger charge is -2.13. The highest BCUT2D eigenvalue weighted by Crippen LogP contribution is 2.28. The molecule has 0 unspecified atom stereocenters. The van der Waals surface area contributed by atoms with Crippen molar-refractivity contribution in [1.82, 2.24) is 9.78 Å². The Kier molecular flexibility index (Phi) is 5.40. The van der Waals surface area contributed by atoms with Crippen molar-refractivity contribution >= 4 is 5.97 Å². The highest BCUT2D eigenvalue weighted by Gasteiger charge is 2.22. The number of nitrogens with zero attached hydrogens (tertiary/aromatic N) is 2. The standard InChI is InChI=1S/C22H23FN2O2/c1-22(2,3)19-15-20(25(24-19)18-12-10-17(23)11-13-18)27-21(26)14-9-16-7-5-4-6-8-16/h4-8,10-13,15H,9,14H2,1-3H3. The van der Waals surface area contributed by atoms with Gasteiger partial charge < -0.3 is 4.74 Å². The molecule has 0 saturated heterocycles. The van der Waals surface area contributed by atoms with Crippen LogP contribution < -0.4 is 4.74 Å². The maximum Gasteiger partial charge on any atom is 0.312 e. The predicted octanol–water partition coefficient (Wildman–Crippen LogP) is 4.85. The molecule has 3 aromatic rings. The summed E-state index contributed by atoms with van der Waals surface area (Å²) in [6.45, 7) is 6.10. The summed E-state index contributed by atoms with van der Waals surface area (Å²) >= 11 is 0. The van der Waals surface area contributed by atoms with Crippen LogP contribution in [0.3, 0.4) is 0 Å². The van der Waals surface area contributed by atoms with Crippen LogP contribution in [0.5, 0.6) is 5.88 Å². The minimum Gasteiger partial charge on any atom is -0.407 e. The molecule has 0 aliphatic rings. The molecule has 0 spiro atoms. The zero-order valence-corrected chi connectivity index (χ0v) is 15.8. The average Bonchev–Trinajstić information content (AvgIpc) is 3.06. The Labute approximate surface area is 158 Å². The maximum atomic E-state index is 13.3. The molecule has 0 N–H and O–H groups in total. The van der Waals surface area contributed by atoms with Gasteiger partial charge in [-0.2, -0.15) is 5.10 Å². The van der Waals surface area contributed by atoms with Gasteiger partial charge in [0.25, 0.3) is 0 Å². The molecule has 0 radical (unpaired) electrons. The van der Waals surface area contributed by atoms with Crippen LogP contribution >= 0.6 is 0 Å². The highest BCUT2D eigenvalue weighted by atomic mass is 19.1. The smallest absolute Gasteiger partial charge is 0.312 e. The van der Waals surface area contributed by atoms with Gasteiger partial charge in [-0.15, -0.1) is 0 Å². The summed E-state index contributed by atoms with van der Waals surface area (Å²) in [5.74, 6) is -0.324. The van der Waals surface area contributed by atoms with Crippen LogP contribution in [0.15, 0.2) is 60.7 Å². The molecule has 1 aromatic heterocycles. The molecule has 0 saturated carbocycles. The molecular formula is C22H23FN2O2. The topological polar surface area (TPSA) is 44.1 Å². The molecule has 4 nitrogen and oxygen atoms in total. The Morgan fingerprint density at radius 2 is 1.74 bits per heavy atom. The molecular weight excluding hydrogens is 343 g/mol. The zero-order chi connectivity index (χ0) is 19.4. The van der Waals surface area contributed by atoms with E-state index < -0.39 is 0 Å². The monoisotopic (exact) mass is 366 g/mol. The first-order chi connectivity index (χ1) is 12.8. The number of carbonyl (C=O) groups excluding carboxylic acids is 1. The fourth-order valence-electron chi connectivity index (χ4n) is 2.63. The van der Waals surface area contributed by atoms with Crippen molar-refractivity contribution in [3.63, 3.8) is 0 Å². The summed E-state index contributed by atoms with van der Waals surface area (Å²) in [7, 11) is 0. The van der Waals surface area contributed by atoms with E-state index in [2.05, 4.69) is 5.10 Å². The number of hydrogen-bond donors (Lipinski definition) is 0. The van der Waals surface area contributed by atoms with Gasteiger partial charge in [-0.3, -0.25) is 4.79 Å². The molecule has 0 amide bonds. The van der Waals surface area contributed by atoms with Crippen molar-refractivity contribution in [2.45, 2.75) is 39.0 Å². The Balaban J connectivity index is 1.81. The van der Waals surface area contributed by atoms with Gasteiger partial charge in [-0.1, -0.05) is 51.1 Å². The van der Waals surface area contributed by atoms with Crippen LogP contribution in [0.25, 0.3) is 5.69 Å². The number of aromatic nitrogens is 2. The molecule has 0 bridgehead atoms. The van der Waals surface area contributed by atoms with Gasteiger partial charge in [0, 0.05) is 11.5 Å². The molecule has 27 heavy (non-hydrogen) atoms. The minimum atomic E-state index is -0.331. The fourth-order valence-corrected chi connectivity index (χ4v) is 2.63. The summed E-state index contributed by atoms with van der Waals surface area (Å²) in [4.78, 5) is 12.4. The summed E-state index contributed by atoms with van der Waals surface area (Å²) in [6.07, 6.45) is 0.875. The van der Waals surface area contributed by atoms with Gasteiger partial charge in [0.2, 0.25) is 5.88 Å². The van der Waals surface area contributed by atoms with Gasteiger partial charge in [-0.05, 0) is 36.2 Å². The summed E-state index contributed by atoms with van der Waals surface area (Å²) < 4.78 is 20.4. The zero-order valence-electron chi connectivity index (χ0n) is 15.8. The van der Waals surface area contributed by atoms with E-state index in [1.165, 1.54) is 12.1 Å². The number of benzene rings is 2. The largest absolute Gasteiger partial charge is 0.407 e. The Hall–Kier alpha value is -2.95. The van der Waals surface area contributed by atoms with Gasteiger partial charge in [0.15, 0.2) is 0 Å². The van der Waals surface area contributed by atoms with Crippen LogP contribution in [0.1, 0.15) is 38.4 Å². The molecule has 140 valence electrons. The summed E-state index contributed by atoms with van der Waals surface area (Å²) in [6, 6.07) is 17.5. The van der Waals surface area contributed by atoms with Crippen molar-refractivity contribution in [3.8, 4) is 11.6 Å². The van der Waals surface area contributed by atoms with E-state index in [9.17, 15) is 9.18 Å². The Morgan fingerprint density at radius 3 is 2.37 bits per heavy atom. The molecule has 2 aromatic carbocycles. The fraction of sp³-hybridized carbons (Fsp3) is 0.273. The van der Waals surface area contributed by atoms with Gasteiger partial charge in [0.05, 0.1) is 17.8 Å². The summed E-state index contributed by atoms with van der Waals surface area (Å²) in [5, 5.41) is 4.57.